The average molecular weight is 797 g/mol. The topological polar surface area (TPSA) is 284 Å². The monoisotopic (exact) mass is 796 g/mol. The third kappa shape index (κ3) is 7.30. The Kier molecular flexibility index (Phi) is 11.9. The van der Waals surface area contributed by atoms with Crippen molar-refractivity contribution in [1.29, 1.82) is 10.5 Å². The van der Waals surface area contributed by atoms with Gasteiger partial charge in [0.15, 0.2) is 47.1 Å². The number of nitrogens with one attached hydrogen (secondary N) is 2. The summed E-state index contributed by atoms with van der Waals surface area (Å²) in [6, 6.07) is 3.61. The number of rotatable bonds is 17. The number of imidazole rings is 2. The lowest BCUT2D eigenvalue weighted by Gasteiger charge is -2.30. The van der Waals surface area contributed by atoms with Crippen LogP contribution in [0.2, 0.25) is 0 Å². The molecule has 0 aromatic carbocycles. The van der Waals surface area contributed by atoms with Crippen LogP contribution in [0.1, 0.15) is 25.3 Å². The van der Waals surface area contributed by atoms with E-state index in [1.807, 2.05) is 6.07 Å². The lowest BCUT2D eigenvalue weighted by Crippen LogP contribution is -2.36. The van der Waals surface area contributed by atoms with E-state index in [9.17, 15) is 23.8 Å². The van der Waals surface area contributed by atoms with Gasteiger partial charge < -0.3 is 42.6 Å². The van der Waals surface area contributed by atoms with Gasteiger partial charge in [-0.2, -0.15) is 10.5 Å². The standard InChI is InChI=1S/C29H32F2N10O11P2/c1-2-7-47-53(45,48-8-3-5-32)23-17(52-29(19(23)31)41-15-39-21-25(41)35-13-37-27(21)44)11-50-54(46,49-9-4-6-33)22-16(10-42)51-28(18(22)30)40-14-38-20-24(40)34-12-36-26(20)43/h2,12-19,22-23,28-29,42H,1,3-4,7-11H2,(H,34,36,43)(H,35,37,44)/t16?,17?,18-,19-,22-,23-,28?,29?,53?,54?/m1/s1. The smallest absolute Gasteiger partial charge is 0.339 e. The molecule has 4 aromatic heterocycles. The van der Waals surface area contributed by atoms with Crippen molar-refractivity contribution in [2.45, 2.75) is 61.2 Å². The molecule has 0 aliphatic carbocycles. The summed E-state index contributed by atoms with van der Waals surface area (Å²) in [4.78, 5) is 45.3. The molecular formula is C29H32F2N10O11P2. The first-order valence-electron chi connectivity index (χ1n) is 16.1. The Bertz CT molecular complexity index is 2290. The fourth-order valence-corrected chi connectivity index (χ4v) is 10.5. The summed E-state index contributed by atoms with van der Waals surface area (Å²) in [7, 11) is -9.55. The minimum Gasteiger partial charge on any atom is -0.394 e. The Labute approximate surface area is 302 Å². The van der Waals surface area contributed by atoms with Crippen LogP contribution in [-0.4, -0.2) is 113 Å². The Morgan fingerprint density at radius 1 is 0.833 bits per heavy atom. The number of aromatic nitrogens is 8. The first-order chi connectivity index (χ1) is 26.0. The Morgan fingerprint density at radius 2 is 1.31 bits per heavy atom. The molecule has 2 fully saturated rings. The molecule has 6 rings (SSSR count). The van der Waals surface area contributed by atoms with Crippen LogP contribution in [0.15, 0.2) is 47.6 Å². The van der Waals surface area contributed by atoms with Crippen molar-refractivity contribution in [3.05, 3.63) is 58.7 Å². The van der Waals surface area contributed by atoms with E-state index in [2.05, 4.69) is 36.5 Å². The summed E-state index contributed by atoms with van der Waals surface area (Å²) in [6.07, 6.45) is -6.40. The fourth-order valence-electron chi connectivity index (χ4n) is 6.19. The number of fused-ring (bicyclic) bond motifs is 2. The number of nitriles is 2. The minimum absolute atomic E-state index is 0.0951. The van der Waals surface area contributed by atoms with Gasteiger partial charge in [-0.15, -0.1) is 6.58 Å². The zero-order valence-electron chi connectivity index (χ0n) is 27.9. The Balaban J connectivity index is 1.36. The van der Waals surface area contributed by atoms with E-state index >= 15 is 8.78 Å². The highest BCUT2D eigenvalue weighted by atomic mass is 31.2. The van der Waals surface area contributed by atoms with Gasteiger partial charge in [-0.3, -0.25) is 27.9 Å². The normalized spacial score (nSPS) is 27.7. The van der Waals surface area contributed by atoms with Crippen LogP contribution in [-0.2, 0) is 36.7 Å². The van der Waals surface area contributed by atoms with Gasteiger partial charge in [-0.05, 0) is 0 Å². The lowest BCUT2D eigenvalue weighted by molar-refractivity contribution is -0.0377. The molecule has 21 nitrogen and oxygen atoms in total. The van der Waals surface area contributed by atoms with Gasteiger partial charge in [0.1, 0.15) is 23.5 Å². The second-order valence-electron chi connectivity index (χ2n) is 11.7. The predicted molar refractivity (Wildman–Crippen MR) is 178 cm³/mol. The summed E-state index contributed by atoms with van der Waals surface area (Å²) in [5.41, 5.74) is -5.61. The fraction of sp³-hybridized carbons (Fsp3) is 0.517. The van der Waals surface area contributed by atoms with E-state index in [-0.39, 0.29) is 35.2 Å². The number of aromatic amines is 2. The van der Waals surface area contributed by atoms with E-state index in [1.54, 1.807) is 6.07 Å². The van der Waals surface area contributed by atoms with Crippen molar-refractivity contribution in [2.75, 3.05) is 33.0 Å². The van der Waals surface area contributed by atoms with Crippen molar-refractivity contribution in [3.8, 4) is 12.1 Å². The van der Waals surface area contributed by atoms with E-state index in [0.717, 1.165) is 34.4 Å². The van der Waals surface area contributed by atoms with Crippen LogP contribution in [0.25, 0.3) is 22.3 Å². The molecule has 0 bridgehead atoms. The molecule has 54 heavy (non-hydrogen) atoms. The van der Waals surface area contributed by atoms with Gasteiger partial charge in [0, 0.05) is 0 Å². The highest BCUT2D eigenvalue weighted by Crippen LogP contribution is 2.64. The summed E-state index contributed by atoms with van der Waals surface area (Å²) < 4.78 is 98.7. The highest BCUT2D eigenvalue weighted by Gasteiger charge is 2.60. The third-order valence-electron chi connectivity index (χ3n) is 8.54. The van der Waals surface area contributed by atoms with Crippen LogP contribution in [0, 0.1) is 22.7 Å². The zero-order chi connectivity index (χ0) is 38.6. The van der Waals surface area contributed by atoms with Crippen LogP contribution >= 0.6 is 15.2 Å². The molecule has 6 heterocycles. The van der Waals surface area contributed by atoms with Gasteiger partial charge in [0.2, 0.25) is 0 Å². The van der Waals surface area contributed by atoms with E-state index < -0.39 is 108 Å². The molecule has 25 heteroatoms. The molecule has 4 aromatic rings. The number of nitrogens with zero attached hydrogens (tertiary/aromatic N) is 8. The number of ether oxygens (including phenoxy) is 2. The van der Waals surface area contributed by atoms with Gasteiger partial charge in [-0.25, -0.2) is 28.7 Å². The van der Waals surface area contributed by atoms with Gasteiger partial charge >= 0.3 is 15.2 Å². The Morgan fingerprint density at radius 3 is 1.80 bits per heavy atom. The third-order valence-corrected chi connectivity index (χ3v) is 13.3. The minimum atomic E-state index is -4.90. The maximum Gasteiger partial charge on any atom is 0.339 e. The SMILES string of the molecule is C=CCOP(=O)(OCCC#N)[C@@H]1C(COP(=O)(OCCC#N)[C@@H]2C(CO)OC(n3cnc4c(=O)[nH]cnc43)[C@@H]2F)OC(n2cnc3c(=O)[nH]cnc32)[C@@H]1F. The van der Waals surface area contributed by atoms with E-state index in [1.165, 1.54) is 6.08 Å². The van der Waals surface area contributed by atoms with Crippen molar-refractivity contribution < 1.29 is 50.6 Å². The molecule has 0 spiro atoms. The lowest BCUT2D eigenvalue weighted by atomic mass is 10.2. The molecule has 10 atom stereocenters. The van der Waals surface area contributed by atoms with Crippen LogP contribution < -0.4 is 11.1 Å². The van der Waals surface area contributed by atoms with Gasteiger partial charge in [0.05, 0.1) is 83.3 Å². The maximum atomic E-state index is 16.8. The second-order valence-corrected chi connectivity index (χ2v) is 16.1. The first kappa shape index (κ1) is 39.2. The molecule has 0 amide bonds. The number of halogens is 2. The number of aliphatic hydroxyl groups excluding tert-OH is 1. The summed E-state index contributed by atoms with van der Waals surface area (Å²) >= 11 is 0. The van der Waals surface area contributed by atoms with Crippen LogP contribution in [0.3, 0.4) is 0 Å². The summed E-state index contributed by atoms with van der Waals surface area (Å²) in [5, 5.41) is 28.5. The number of alkyl halides is 2. The summed E-state index contributed by atoms with van der Waals surface area (Å²) in [5.74, 6) is 0. The largest absolute Gasteiger partial charge is 0.394 e. The number of H-pyrrole nitrogens is 2. The molecule has 2 aliphatic rings. The van der Waals surface area contributed by atoms with Gasteiger partial charge in [-0.1, -0.05) is 6.08 Å². The van der Waals surface area contributed by atoms with Crippen LogP contribution in [0.4, 0.5) is 8.78 Å². The molecule has 288 valence electrons. The molecule has 0 saturated carbocycles. The quantitative estimate of drug-likeness (QED) is 0.0781. The average Bonchev–Trinajstić information content (AvgIpc) is 3.94. The summed E-state index contributed by atoms with van der Waals surface area (Å²) in [6.45, 7) is 0.250. The maximum absolute atomic E-state index is 16.8. The van der Waals surface area contributed by atoms with Crippen molar-refractivity contribution in [1.82, 2.24) is 39.0 Å². The Hall–Kier alpha value is -4.54. The molecule has 2 aliphatic heterocycles. The first-order valence-corrected chi connectivity index (χ1v) is 19.4. The van der Waals surface area contributed by atoms with E-state index in [4.69, 9.17) is 38.1 Å². The van der Waals surface area contributed by atoms with Crippen LogP contribution in [0.5, 0.6) is 0 Å². The number of aliphatic hydroxyl groups is 1. The van der Waals surface area contributed by atoms with Gasteiger partial charge in [0.25, 0.3) is 11.1 Å². The number of hydrogen-bond acceptors (Lipinski definition) is 17. The molecule has 2 saturated heterocycles. The van der Waals surface area contributed by atoms with Crippen molar-refractivity contribution in [2.24, 2.45) is 0 Å². The molecule has 0 radical (unpaired) electrons. The van der Waals surface area contributed by atoms with Crippen molar-refractivity contribution in [3.63, 3.8) is 0 Å². The van der Waals surface area contributed by atoms with E-state index in [0.29, 0.717) is 0 Å². The predicted octanol–water partition coefficient (Wildman–Crippen LogP) is 1.92. The second kappa shape index (κ2) is 16.4. The molecular weight excluding hydrogens is 764 g/mol. The molecule has 3 N–H and O–H groups in total. The number of hydrogen-bond donors (Lipinski definition) is 3. The molecule has 6 unspecified atom stereocenters. The zero-order valence-corrected chi connectivity index (χ0v) is 29.7. The highest BCUT2D eigenvalue weighted by molar-refractivity contribution is 7.55. The van der Waals surface area contributed by atoms with Crippen molar-refractivity contribution >= 4 is 37.5 Å².